The average molecular weight is 478 g/mol. The van der Waals surface area contributed by atoms with Crippen molar-refractivity contribution in [3.8, 4) is 11.5 Å². The summed E-state index contributed by atoms with van der Waals surface area (Å²) in [4.78, 5) is 13.6. The number of rotatable bonds is 10. The van der Waals surface area contributed by atoms with E-state index in [0.29, 0.717) is 34.6 Å². The molecule has 0 aliphatic carbocycles. The number of ether oxygens (including phenoxy) is 2. The number of aromatic nitrogens is 1. The lowest BCUT2D eigenvalue weighted by Gasteiger charge is -2.12. The molecular formula is C27H27NO5S. The lowest BCUT2D eigenvalue weighted by Crippen LogP contribution is -2.19. The van der Waals surface area contributed by atoms with E-state index >= 15 is 0 Å². The fraction of sp³-hybridized carbons (Fsp3) is 0.222. The molecule has 34 heavy (non-hydrogen) atoms. The zero-order valence-corrected chi connectivity index (χ0v) is 20.0. The summed E-state index contributed by atoms with van der Waals surface area (Å²) >= 11 is 0. The molecule has 1 aromatic heterocycles. The van der Waals surface area contributed by atoms with Crippen molar-refractivity contribution in [2.45, 2.75) is 31.1 Å². The monoisotopic (exact) mass is 477 g/mol. The van der Waals surface area contributed by atoms with Crippen LogP contribution in [0.1, 0.15) is 42.2 Å². The predicted molar refractivity (Wildman–Crippen MR) is 132 cm³/mol. The maximum absolute atomic E-state index is 13.6. The Morgan fingerprint density at radius 1 is 0.882 bits per heavy atom. The molecule has 0 aliphatic rings. The summed E-state index contributed by atoms with van der Waals surface area (Å²) in [5.74, 6) is 0.854. The van der Waals surface area contributed by atoms with Crippen LogP contribution in [-0.4, -0.2) is 31.9 Å². The minimum Gasteiger partial charge on any atom is -0.497 e. The Hall–Kier alpha value is -3.58. The van der Waals surface area contributed by atoms with Crippen molar-refractivity contribution < 1.29 is 22.7 Å². The fourth-order valence-electron chi connectivity index (χ4n) is 3.80. The van der Waals surface area contributed by atoms with E-state index in [1.54, 1.807) is 66.7 Å². The van der Waals surface area contributed by atoms with Crippen molar-refractivity contribution in [3.05, 3.63) is 90.1 Å². The first-order chi connectivity index (χ1) is 16.5. The highest BCUT2D eigenvalue weighted by Crippen LogP contribution is 2.30. The second kappa shape index (κ2) is 10.1. The van der Waals surface area contributed by atoms with Crippen molar-refractivity contribution in [1.82, 2.24) is 3.97 Å². The molecule has 0 N–H and O–H groups in total. The lowest BCUT2D eigenvalue weighted by atomic mass is 10.1. The van der Waals surface area contributed by atoms with Crippen LogP contribution in [0.5, 0.6) is 11.5 Å². The first-order valence-corrected chi connectivity index (χ1v) is 12.7. The number of fused-ring (bicyclic) bond motifs is 1. The van der Waals surface area contributed by atoms with Crippen LogP contribution >= 0.6 is 0 Å². The second-order valence-electron chi connectivity index (χ2n) is 7.95. The van der Waals surface area contributed by atoms with E-state index in [9.17, 15) is 13.2 Å². The van der Waals surface area contributed by atoms with Gasteiger partial charge in [-0.1, -0.05) is 38.0 Å². The maximum atomic E-state index is 13.6. The number of ketones is 1. The molecule has 6 nitrogen and oxygen atoms in total. The third-order valence-corrected chi connectivity index (χ3v) is 7.35. The number of benzene rings is 3. The second-order valence-corrected chi connectivity index (χ2v) is 9.73. The van der Waals surface area contributed by atoms with Gasteiger partial charge in [-0.2, -0.15) is 0 Å². The van der Waals surface area contributed by atoms with Crippen LogP contribution in [-0.2, 0) is 10.0 Å². The van der Waals surface area contributed by atoms with Gasteiger partial charge in [0.05, 0.1) is 24.1 Å². The van der Waals surface area contributed by atoms with E-state index < -0.39 is 15.8 Å². The number of methoxy groups -OCH3 is 1. The van der Waals surface area contributed by atoms with Gasteiger partial charge in [-0.15, -0.1) is 0 Å². The van der Waals surface area contributed by atoms with Crippen LogP contribution < -0.4 is 9.47 Å². The Labute approximate surface area is 199 Å². The van der Waals surface area contributed by atoms with Gasteiger partial charge >= 0.3 is 0 Å². The van der Waals surface area contributed by atoms with Gasteiger partial charge in [0.2, 0.25) is 5.78 Å². The number of hydrogen-bond donors (Lipinski definition) is 0. The molecule has 4 rings (SSSR count). The van der Waals surface area contributed by atoms with Crippen LogP contribution in [0.15, 0.2) is 83.8 Å². The number of unbranched alkanes of at least 4 members (excludes halogenated alkanes) is 2. The average Bonchev–Trinajstić information content (AvgIpc) is 3.26. The van der Waals surface area contributed by atoms with E-state index in [1.165, 1.54) is 19.2 Å². The quantitative estimate of drug-likeness (QED) is 0.217. The normalized spacial score (nSPS) is 11.5. The molecule has 176 valence electrons. The highest BCUT2D eigenvalue weighted by atomic mass is 32.2. The number of hydrogen-bond acceptors (Lipinski definition) is 5. The molecule has 1 heterocycles. The van der Waals surface area contributed by atoms with Crippen LogP contribution in [0.25, 0.3) is 10.9 Å². The van der Waals surface area contributed by atoms with Gasteiger partial charge in [0.1, 0.15) is 17.2 Å². The third-order valence-electron chi connectivity index (χ3n) is 5.61. The zero-order chi connectivity index (χ0) is 24.1. The number of carbonyl (C=O) groups is 1. The Bertz CT molecular complexity index is 1390. The number of carbonyl (C=O) groups excluding carboxylic acids is 1. The van der Waals surface area contributed by atoms with Gasteiger partial charge in [-0.25, -0.2) is 12.4 Å². The summed E-state index contributed by atoms with van der Waals surface area (Å²) in [7, 11) is -2.48. The highest BCUT2D eigenvalue weighted by molar-refractivity contribution is 7.90. The molecule has 0 saturated heterocycles. The molecule has 0 atom stereocenters. The van der Waals surface area contributed by atoms with E-state index in [0.717, 1.165) is 23.2 Å². The molecule has 0 radical (unpaired) electrons. The Morgan fingerprint density at radius 2 is 1.59 bits per heavy atom. The van der Waals surface area contributed by atoms with Gasteiger partial charge in [0.15, 0.2) is 0 Å². The fourth-order valence-corrected chi connectivity index (χ4v) is 5.33. The van der Waals surface area contributed by atoms with Gasteiger partial charge in [-0.05, 0) is 67.1 Å². The summed E-state index contributed by atoms with van der Waals surface area (Å²) in [6.07, 6.45) is 3.18. The van der Waals surface area contributed by atoms with Gasteiger partial charge < -0.3 is 9.47 Å². The maximum Gasteiger partial charge on any atom is 0.268 e. The van der Waals surface area contributed by atoms with E-state index in [-0.39, 0.29) is 10.6 Å². The molecule has 4 aromatic rings. The lowest BCUT2D eigenvalue weighted by molar-refractivity contribution is 0.103. The Kier molecular flexibility index (Phi) is 7.03. The molecule has 0 fully saturated rings. The van der Waals surface area contributed by atoms with Crippen molar-refractivity contribution >= 4 is 26.7 Å². The summed E-state index contributed by atoms with van der Waals surface area (Å²) in [6, 6.07) is 21.5. The zero-order valence-electron chi connectivity index (χ0n) is 19.2. The van der Waals surface area contributed by atoms with Gasteiger partial charge in [-0.3, -0.25) is 4.79 Å². The van der Waals surface area contributed by atoms with E-state index in [1.807, 2.05) is 0 Å². The van der Waals surface area contributed by atoms with Crippen LogP contribution in [0.2, 0.25) is 0 Å². The highest BCUT2D eigenvalue weighted by Gasteiger charge is 2.27. The smallest absolute Gasteiger partial charge is 0.268 e. The van der Waals surface area contributed by atoms with Crippen LogP contribution in [0.3, 0.4) is 0 Å². The van der Waals surface area contributed by atoms with Gasteiger partial charge in [0.25, 0.3) is 10.0 Å². The minimum absolute atomic E-state index is 0.0590. The Balaban J connectivity index is 1.76. The summed E-state index contributed by atoms with van der Waals surface area (Å²) < 4.78 is 39.4. The molecule has 3 aromatic carbocycles. The van der Waals surface area contributed by atoms with Crippen LogP contribution in [0, 0.1) is 0 Å². The third kappa shape index (κ3) is 4.70. The molecule has 0 bridgehead atoms. The van der Waals surface area contributed by atoms with Crippen molar-refractivity contribution in [2.75, 3.05) is 13.7 Å². The topological polar surface area (TPSA) is 74.6 Å². The van der Waals surface area contributed by atoms with E-state index in [4.69, 9.17) is 9.47 Å². The molecular weight excluding hydrogens is 450 g/mol. The van der Waals surface area contributed by atoms with Gasteiger partial charge in [0, 0.05) is 10.9 Å². The predicted octanol–water partition coefficient (Wildman–Crippen LogP) is 5.69. The van der Waals surface area contributed by atoms with Crippen molar-refractivity contribution in [3.63, 3.8) is 0 Å². The standard InChI is InChI=1S/C27H27NO5S/c1-3-4-8-17-33-22-13-11-20(12-14-22)27(29)26-19-21-18-23(32-2)15-16-25(21)28(26)34(30,31)24-9-6-5-7-10-24/h5-7,9-16,18-19H,3-4,8,17H2,1-2H3. The Morgan fingerprint density at radius 3 is 2.26 bits per heavy atom. The van der Waals surface area contributed by atoms with Crippen molar-refractivity contribution in [2.24, 2.45) is 0 Å². The summed E-state index contributed by atoms with van der Waals surface area (Å²) in [5, 5.41) is 0.595. The molecule has 0 saturated carbocycles. The molecule has 0 amide bonds. The minimum atomic E-state index is -4.02. The number of nitrogens with zero attached hydrogens (tertiary/aromatic N) is 1. The SMILES string of the molecule is CCCCCOc1ccc(C(=O)c2cc3cc(OC)ccc3n2S(=O)(=O)c2ccccc2)cc1. The van der Waals surface area contributed by atoms with Crippen molar-refractivity contribution in [1.29, 1.82) is 0 Å². The summed E-state index contributed by atoms with van der Waals surface area (Å²) in [6.45, 7) is 2.75. The molecule has 0 unspecified atom stereocenters. The summed E-state index contributed by atoms with van der Waals surface area (Å²) in [5.41, 5.74) is 0.841. The first-order valence-electron chi connectivity index (χ1n) is 11.2. The van der Waals surface area contributed by atoms with E-state index in [2.05, 4.69) is 6.92 Å². The molecule has 7 heteroatoms. The first kappa shape index (κ1) is 23.6. The molecule has 0 aliphatic heterocycles. The largest absolute Gasteiger partial charge is 0.497 e. The van der Waals surface area contributed by atoms with Crippen LogP contribution in [0.4, 0.5) is 0 Å². The molecule has 0 spiro atoms.